The van der Waals surface area contributed by atoms with Gasteiger partial charge in [0.25, 0.3) is 5.91 Å². The van der Waals surface area contributed by atoms with Crippen molar-refractivity contribution < 1.29 is 9.53 Å². The van der Waals surface area contributed by atoms with Crippen LogP contribution in [0.1, 0.15) is 40.7 Å². The summed E-state index contributed by atoms with van der Waals surface area (Å²) in [5.74, 6) is 0.720. The smallest absolute Gasteiger partial charge is 0.252 e. The van der Waals surface area contributed by atoms with Crippen LogP contribution in [-0.2, 0) is 5.54 Å². The maximum absolute atomic E-state index is 13.6. The van der Waals surface area contributed by atoms with Crippen LogP contribution in [0, 0.1) is 6.92 Å². The van der Waals surface area contributed by atoms with Crippen LogP contribution in [0.2, 0.25) is 0 Å². The van der Waals surface area contributed by atoms with Crippen molar-refractivity contribution in [2.75, 3.05) is 20.2 Å². The number of aryl methyl sites for hydroxylation is 1. The molecular formula is C32H32N2O2. The molecule has 1 heterocycles. The first-order chi connectivity index (χ1) is 17.5. The van der Waals surface area contributed by atoms with Crippen LogP contribution in [0.4, 0.5) is 0 Å². The van der Waals surface area contributed by atoms with Crippen molar-refractivity contribution in [2.24, 2.45) is 0 Å². The highest BCUT2D eigenvalue weighted by Crippen LogP contribution is 2.49. The number of benzene rings is 4. The van der Waals surface area contributed by atoms with Gasteiger partial charge in [-0.3, -0.25) is 9.69 Å². The molecular weight excluding hydrogens is 444 g/mol. The summed E-state index contributed by atoms with van der Waals surface area (Å²) in [6, 6.07) is 29.8. The standard InChI is InChI=1S/C32H32N2O2/c1-22-12-13-27(36-21-26-14-17-34(26)2)20-29(22)31(35)33-32(15-16-32)30-19-25(23-8-4-3-5-9-23)18-24-10-6-7-11-28(24)30/h3-13,18-20,26H,14-17,21H2,1-2H3,(H,33,35). The topological polar surface area (TPSA) is 41.6 Å². The van der Waals surface area contributed by atoms with Crippen molar-refractivity contribution in [1.82, 2.24) is 10.2 Å². The molecule has 6 rings (SSSR count). The Morgan fingerprint density at radius 2 is 1.75 bits per heavy atom. The molecule has 1 N–H and O–H groups in total. The van der Waals surface area contributed by atoms with Crippen molar-refractivity contribution in [2.45, 2.75) is 37.8 Å². The molecule has 4 aromatic carbocycles. The molecule has 1 saturated heterocycles. The number of carbonyl (C=O) groups excluding carboxylic acids is 1. The summed E-state index contributed by atoms with van der Waals surface area (Å²) in [5, 5.41) is 5.83. The van der Waals surface area contributed by atoms with Crippen molar-refractivity contribution in [1.29, 1.82) is 0 Å². The van der Waals surface area contributed by atoms with Gasteiger partial charge in [-0.2, -0.15) is 0 Å². The zero-order chi connectivity index (χ0) is 24.7. The fourth-order valence-corrected chi connectivity index (χ4v) is 5.28. The van der Waals surface area contributed by atoms with Gasteiger partial charge in [0.1, 0.15) is 12.4 Å². The molecule has 1 aliphatic carbocycles. The average Bonchev–Trinajstić information content (AvgIpc) is 3.68. The van der Waals surface area contributed by atoms with Crippen molar-refractivity contribution >= 4 is 16.7 Å². The highest BCUT2D eigenvalue weighted by molar-refractivity contribution is 5.98. The van der Waals surface area contributed by atoms with Crippen LogP contribution in [0.15, 0.2) is 84.9 Å². The van der Waals surface area contributed by atoms with Crippen molar-refractivity contribution in [3.05, 3.63) is 102 Å². The Labute approximate surface area is 212 Å². The molecule has 2 fully saturated rings. The highest BCUT2D eigenvalue weighted by atomic mass is 16.5. The summed E-state index contributed by atoms with van der Waals surface area (Å²) < 4.78 is 6.06. The Bertz CT molecular complexity index is 1430. The van der Waals surface area contributed by atoms with Crippen LogP contribution >= 0.6 is 0 Å². The highest BCUT2D eigenvalue weighted by Gasteiger charge is 2.47. The quantitative estimate of drug-likeness (QED) is 0.339. The van der Waals surface area contributed by atoms with Gasteiger partial charge >= 0.3 is 0 Å². The van der Waals surface area contributed by atoms with E-state index >= 15 is 0 Å². The van der Waals surface area contributed by atoms with Gasteiger partial charge < -0.3 is 10.1 Å². The van der Waals surface area contributed by atoms with E-state index < -0.39 is 0 Å². The third-order valence-corrected chi connectivity index (χ3v) is 7.92. The molecule has 0 radical (unpaired) electrons. The number of nitrogens with one attached hydrogen (secondary N) is 1. The molecule has 1 amide bonds. The van der Waals surface area contributed by atoms with E-state index in [0.29, 0.717) is 18.2 Å². The van der Waals surface area contributed by atoms with Gasteiger partial charge in [0.2, 0.25) is 0 Å². The molecule has 36 heavy (non-hydrogen) atoms. The van der Waals surface area contributed by atoms with Gasteiger partial charge in [0.15, 0.2) is 0 Å². The van der Waals surface area contributed by atoms with Crippen molar-refractivity contribution in [3.8, 4) is 16.9 Å². The number of amides is 1. The molecule has 0 bridgehead atoms. The van der Waals surface area contributed by atoms with Crippen LogP contribution in [0.25, 0.3) is 21.9 Å². The van der Waals surface area contributed by atoms with Gasteiger partial charge in [-0.15, -0.1) is 0 Å². The average molecular weight is 477 g/mol. The monoisotopic (exact) mass is 476 g/mol. The summed E-state index contributed by atoms with van der Waals surface area (Å²) in [7, 11) is 2.12. The first-order valence-electron chi connectivity index (χ1n) is 12.9. The first kappa shape index (κ1) is 22.8. The molecule has 182 valence electrons. The fraction of sp³-hybridized carbons (Fsp3) is 0.281. The van der Waals surface area contributed by atoms with Gasteiger partial charge in [0, 0.05) is 11.6 Å². The lowest BCUT2D eigenvalue weighted by atomic mass is 9.91. The minimum Gasteiger partial charge on any atom is -0.492 e. The van der Waals surface area contributed by atoms with Gasteiger partial charge in [0.05, 0.1) is 5.54 Å². The second-order valence-electron chi connectivity index (χ2n) is 10.4. The lowest BCUT2D eigenvalue weighted by molar-refractivity contribution is 0.0767. The maximum Gasteiger partial charge on any atom is 0.252 e. The molecule has 1 unspecified atom stereocenters. The fourth-order valence-electron chi connectivity index (χ4n) is 5.28. The number of likely N-dealkylation sites (tertiary alicyclic amines) is 1. The minimum atomic E-state index is -0.348. The largest absolute Gasteiger partial charge is 0.492 e. The van der Waals surface area contributed by atoms with Gasteiger partial charge in [-0.05, 0) is 97.1 Å². The summed E-state index contributed by atoms with van der Waals surface area (Å²) >= 11 is 0. The number of nitrogens with zero attached hydrogens (tertiary/aromatic N) is 1. The van der Waals surface area contributed by atoms with E-state index in [1.807, 2.05) is 31.2 Å². The van der Waals surface area contributed by atoms with E-state index in [4.69, 9.17) is 4.74 Å². The molecule has 4 heteroatoms. The summed E-state index contributed by atoms with van der Waals surface area (Å²) in [5.41, 5.74) is 4.86. The molecule has 4 aromatic rings. The molecule has 0 aromatic heterocycles. The molecule has 1 saturated carbocycles. The normalized spacial score (nSPS) is 18.4. The van der Waals surface area contributed by atoms with E-state index in [1.165, 1.54) is 27.5 Å². The number of rotatable bonds is 7. The number of hydrogen-bond acceptors (Lipinski definition) is 3. The Balaban J connectivity index is 1.30. The van der Waals surface area contributed by atoms with Gasteiger partial charge in [-0.1, -0.05) is 60.7 Å². The lowest BCUT2D eigenvalue weighted by Gasteiger charge is -2.37. The molecule has 0 spiro atoms. The number of hydrogen-bond donors (Lipinski definition) is 1. The van der Waals surface area contributed by atoms with E-state index in [-0.39, 0.29) is 11.4 Å². The predicted molar refractivity (Wildman–Crippen MR) is 145 cm³/mol. The number of ether oxygens (including phenoxy) is 1. The predicted octanol–water partition coefficient (Wildman–Crippen LogP) is 6.32. The maximum atomic E-state index is 13.6. The minimum absolute atomic E-state index is 0.0367. The second-order valence-corrected chi connectivity index (χ2v) is 10.4. The molecule has 4 nitrogen and oxygen atoms in total. The Morgan fingerprint density at radius 1 is 0.972 bits per heavy atom. The van der Waals surface area contributed by atoms with E-state index in [2.05, 4.69) is 77.9 Å². The van der Waals surface area contributed by atoms with E-state index in [1.54, 1.807) is 0 Å². The van der Waals surface area contributed by atoms with Crippen LogP contribution in [0.5, 0.6) is 5.75 Å². The summed E-state index contributed by atoms with van der Waals surface area (Å²) in [6.45, 7) is 3.77. The zero-order valence-corrected chi connectivity index (χ0v) is 21.0. The van der Waals surface area contributed by atoms with Crippen molar-refractivity contribution in [3.63, 3.8) is 0 Å². The Hall–Kier alpha value is -3.63. The molecule has 1 atom stereocenters. The van der Waals surface area contributed by atoms with E-state index in [9.17, 15) is 4.79 Å². The third kappa shape index (κ3) is 4.27. The summed E-state index contributed by atoms with van der Waals surface area (Å²) in [4.78, 5) is 15.9. The first-order valence-corrected chi connectivity index (χ1v) is 12.9. The van der Waals surface area contributed by atoms with Crippen LogP contribution in [-0.4, -0.2) is 37.0 Å². The van der Waals surface area contributed by atoms with E-state index in [0.717, 1.165) is 37.1 Å². The Kier molecular flexibility index (Phi) is 5.77. The number of likely N-dealkylation sites (N-methyl/N-ethyl adjacent to an activating group) is 1. The number of carbonyl (C=O) groups is 1. The zero-order valence-electron chi connectivity index (χ0n) is 21.0. The molecule has 2 aliphatic rings. The summed E-state index contributed by atoms with van der Waals surface area (Å²) in [6.07, 6.45) is 3.03. The van der Waals surface area contributed by atoms with Gasteiger partial charge in [-0.25, -0.2) is 0 Å². The molecule has 1 aliphatic heterocycles. The third-order valence-electron chi connectivity index (χ3n) is 7.92. The lowest BCUT2D eigenvalue weighted by Crippen LogP contribution is -2.48. The van der Waals surface area contributed by atoms with Crippen LogP contribution < -0.4 is 10.1 Å². The Morgan fingerprint density at radius 3 is 2.47 bits per heavy atom. The van der Waals surface area contributed by atoms with Crippen LogP contribution in [0.3, 0.4) is 0 Å². The number of fused-ring (bicyclic) bond motifs is 1. The second kappa shape index (κ2) is 9.11. The SMILES string of the molecule is Cc1ccc(OCC2CCN2C)cc1C(=O)NC1(c2cc(-c3ccccc3)cc3ccccc23)CC1.